The van der Waals surface area contributed by atoms with Crippen LogP contribution in [-0.4, -0.2) is 42.1 Å². The summed E-state index contributed by atoms with van der Waals surface area (Å²) in [4.78, 5) is 13.3. The van der Waals surface area contributed by atoms with Gasteiger partial charge in [-0.05, 0) is 48.9 Å². The van der Waals surface area contributed by atoms with Crippen LogP contribution in [0.1, 0.15) is 29.3 Å². The van der Waals surface area contributed by atoms with Crippen molar-refractivity contribution in [3.8, 4) is 0 Å². The first kappa shape index (κ1) is 19.4. The van der Waals surface area contributed by atoms with Gasteiger partial charge in [-0.15, -0.1) is 0 Å². The number of likely N-dealkylation sites (tertiary alicyclic amines) is 1. The lowest BCUT2D eigenvalue weighted by molar-refractivity contribution is -0.917. The Morgan fingerprint density at radius 3 is 2.19 bits per heavy atom. The second-order valence-corrected chi connectivity index (χ2v) is 8.32. The van der Waals surface area contributed by atoms with Crippen molar-refractivity contribution < 1.29 is 14.4 Å². The molecule has 1 unspecified atom stereocenters. The largest absolute Gasteiger partial charge is 0.384 e. The van der Waals surface area contributed by atoms with Gasteiger partial charge >= 0.3 is 0 Å². The van der Waals surface area contributed by atoms with Crippen LogP contribution in [0.5, 0.6) is 0 Å². The summed E-state index contributed by atoms with van der Waals surface area (Å²) in [5.41, 5.74) is 0.127. The molecule has 5 heteroatoms. The van der Waals surface area contributed by atoms with Crippen molar-refractivity contribution in [3.63, 3.8) is 0 Å². The van der Waals surface area contributed by atoms with Gasteiger partial charge in [0.15, 0.2) is 5.78 Å². The summed E-state index contributed by atoms with van der Waals surface area (Å²) >= 11 is 12.0. The van der Waals surface area contributed by atoms with Crippen LogP contribution in [0.3, 0.4) is 0 Å². The van der Waals surface area contributed by atoms with E-state index in [1.165, 1.54) is 0 Å². The highest BCUT2D eigenvalue weighted by Crippen LogP contribution is 2.41. The van der Waals surface area contributed by atoms with Gasteiger partial charge in [-0.2, -0.15) is 0 Å². The molecule has 138 valence electrons. The van der Waals surface area contributed by atoms with E-state index in [1.54, 1.807) is 36.4 Å². The number of hydrogen-bond donors (Lipinski definition) is 1. The van der Waals surface area contributed by atoms with Crippen LogP contribution >= 0.6 is 23.2 Å². The van der Waals surface area contributed by atoms with Gasteiger partial charge in [0, 0.05) is 22.0 Å². The highest BCUT2D eigenvalue weighted by Gasteiger charge is 2.51. The summed E-state index contributed by atoms with van der Waals surface area (Å²) in [6, 6.07) is 14.1. The normalized spacial score (nSPS) is 28.7. The average Bonchev–Trinajstić information content (AvgIpc) is 2.64. The molecule has 2 aromatic rings. The zero-order valence-electron chi connectivity index (χ0n) is 15.1. The molecule has 3 nitrogen and oxygen atoms in total. The van der Waals surface area contributed by atoms with Crippen LogP contribution in [0.25, 0.3) is 0 Å². The molecule has 1 heterocycles. The quantitative estimate of drug-likeness (QED) is 0.611. The summed E-state index contributed by atoms with van der Waals surface area (Å²) in [5, 5.41) is 12.8. The highest BCUT2D eigenvalue weighted by molar-refractivity contribution is 6.30. The number of halogens is 2. The zero-order chi connectivity index (χ0) is 18.9. The van der Waals surface area contributed by atoms with E-state index < -0.39 is 11.5 Å². The molecule has 1 saturated heterocycles. The number of nitrogens with zero attached hydrogens (tertiary/aromatic N) is 1. The van der Waals surface area contributed by atoms with Crippen LogP contribution in [0.2, 0.25) is 10.0 Å². The van der Waals surface area contributed by atoms with E-state index in [0.717, 1.165) is 23.1 Å². The average molecular weight is 393 g/mol. The van der Waals surface area contributed by atoms with E-state index in [-0.39, 0.29) is 5.78 Å². The SMILES string of the molecule is CC[N+]1(C)CC[C@](O)(c2ccc(Cl)cc2)[C@H](C(=O)c2ccc(Cl)cc2)C1. The van der Waals surface area contributed by atoms with Gasteiger partial charge in [0.1, 0.15) is 11.5 Å². The molecule has 2 aromatic carbocycles. The van der Waals surface area contributed by atoms with Crippen molar-refractivity contribution in [3.05, 3.63) is 69.7 Å². The van der Waals surface area contributed by atoms with Gasteiger partial charge in [-0.1, -0.05) is 35.3 Å². The van der Waals surface area contributed by atoms with E-state index >= 15 is 0 Å². The summed E-state index contributed by atoms with van der Waals surface area (Å²) in [7, 11) is 2.14. The van der Waals surface area contributed by atoms with Gasteiger partial charge in [0.2, 0.25) is 0 Å². The number of carbonyl (C=O) groups excluding carboxylic acids is 1. The second-order valence-electron chi connectivity index (χ2n) is 7.45. The van der Waals surface area contributed by atoms with Crippen molar-refractivity contribution in [2.75, 3.05) is 26.7 Å². The van der Waals surface area contributed by atoms with Crippen LogP contribution in [-0.2, 0) is 5.60 Å². The summed E-state index contributed by atoms with van der Waals surface area (Å²) < 4.78 is 0.764. The number of benzene rings is 2. The molecule has 1 aliphatic rings. The Labute approximate surface area is 164 Å². The third kappa shape index (κ3) is 3.67. The minimum absolute atomic E-state index is 0.0448. The Morgan fingerprint density at radius 2 is 1.65 bits per heavy atom. The minimum Gasteiger partial charge on any atom is -0.384 e. The Hall–Kier alpha value is -1.39. The second kappa shape index (κ2) is 7.32. The topological polar surface area (TPSA) is 37.3 Å². The zero-order valence-corrected chi connectivity index (χ0v) is 16.6. The van der Waals surface area contributed by atoms with Gasteiger partial charge in [-0.3, -0.25) is 4.79 Å². The summed E-state index contributed by atoms with van der Waals surface area (Å²) in [6.07, 6.45) is 0.531. The van der Waals surface area contributed by atoms with Crippen LogP contribution < -0.4 is 0 Å². The first-order valence-electron chi connectivity index (χ1n) is 8.89. The molecule has 26 heavy (non-hydrogen) atoms. The van der Waals surface area contributed by atoms with Crippen molar-refractivity contribution in [1.82, 2.24) is 0 Å². The first-order valence-corrected chi connectivity index (χ1v) is 9.65. The molecule has 0 bridgehead atoms. The molecule has 1 aliphatic heterocycles. The number of aliphatic hydroxyl groups is 1. The third-order valence-electron chi connectivity index (χ3n) is 5.79. The van der Waals surface area contributed by atoms with Crippen LogP contribution in [0.4, 0.5) is 0 Å². The highest BCUT2D eigenvalue weighted by atomic mass is 35.5. The van der Waals surface area contributed by atoms with E-state index in [9.17, 15) is 9.90 Å². The van der Waals surface area contributed by atoms with E-state index in [1.807, 2.05) is 12.1 Å². The van der Waals surface area contributed by atoms with E-state index in [2.05, 4.69) is 14.0 Å². The Morgan fingerprint density at radius 1 is 1.12 bits per heavy atom. The predicted molar refractivity (Wildman–Crippen MR) is 106 cm³/mol. The predicted octanol–water partition coefficient (Wildman–Crippen LogP) is 4.55. The standard InChI is InChI=1S/C21H24Cl2NO2/c1-3-24(2)13-12-21(26,16-6-10-18(23)11-7-16)19(14-24)20(25)15-4-8-17(22)9-5-15/h4-11,19,26H,3,12-14H2,1-2H3/q+1/t19-,21-,24?/m0/s1. The lowest BCUT2D eigenvalue weighted by Gasteiger charge is -2.48. The summed E-state index contributed by atoms with van der Waals surface area (Å²) in [5.74, 6) is -0.569. The molecule has 0 amide bonds. The van der Waals surface area contributed by atoms with Crippen LogP contribution in [0, 0.1) is 5.92 Å². The molecule has 1 N–H and O–H groups in total. The molecule has 3 rings (SSSR count). The number of rotatable bonds is 4. The first-order chi connectivity index (χ1) is 12.3. The number of quaternary nitrogens is 1. The fourth-order valence-corrected chi connectivity index (χ4v) is 4.04. The molecule has 0 radical (unpaired) electrons. The van der Waals surface area contributed by atoms with Crippen molar-refractivity contribution in [2.45, 2.75) is 18.9 Å². The molecule has 0 aliphatic carbocycles. The van der Waals surface area contributed by atoms with Crippen molar-refractivity contribution in [1.29, 1.82) is 0 Å². The van der Waals surface area contributed by atoms with E-state index in [4.69, 9.17) is 23.2 Å². The van der Waals surface area contributed by atoms with Crippen LogP contribution in [0.15, 0.2) is 48.5 Å². The van der Waals surface area contributed by atoms with Gasteiger partial charge in [0.05, 0.1) is 26.7 Å². The molecular weight excluding hydrogens is 369 g/mol. The number of Topliss-reactive ketones (excluding diaryl/α,β-unsaturated/α-hetero) is 1. The Bertz CT molecular complexity index is 791. The molecule has 0 saturated carbocycles. The maximum Gasteiger partial charge on any atom is 0.174 e. The molecule has 0 spiro atoms. The van der Waals surface area contributed by atoms with Gasteiger partial charge in [0.25, 0.3) is 0 Å². The molecular formula is C21H24Cl2NO2+. The number of hydrogen-bond acceptors (Lipinski definition) is 2. The smallest absolute Gasteiger partial charge is 0.174 e. The Balaban J connectivity index is 2.03. The number of carbonyl (C=O) groups is 1. The minimum atomic E-state index is -1.20. The monoisotopic (exact) mass is 392 g/mol. The van der Waals surface area contributed by atoms with E-state index in [0.29, 0.717) is 28.6 Å². The maximum absolute atomic E-state index is 13.3. The molecule has 3 atom stereocenters. The lowest BCUT2D eigenvalue weighted by atomic mass is 9.72. The van der Waals surface area contributed by atoms with Crippen molar-refractivity contribution >= 4 is 29.0 Å². The fraction of sp³-hybridized carbons (Fsp3) is 0.381. The maximum atomic E-state index is 13.3. The van der Waals surface area contributed by atoms with Gasteiger partial charge < -0.3 is 9.59 Å². The molecule has 0 aromatic heterocycles. The summed E-state index contributed by atoms with van der Waals surface area (Å²) in [6.45, 7) is 4.45. The van der Waals surface area contributed by atoms with Crippen molar-refractivity contribution in [2.24, 2.45) is 5.92 Å². The van der Waals surface area contributed by atoms with Gasteiger partial charge in [-0.25, -0.2) is 0 Å². The fourth-order valence-electron chi connectivity index (χ4n) is 3.78. The third-order valence-corrected chi connectivity index (χ3v) is 6.29. The lowest BCUT2D eigenvalue weighted by Crippen LogP contribution is -2.60. The Kier molecular flexibility index (Phi) is 5.45. The molecule has 1 fully saturated rings. The number of ketones is 1. The number of piperidine rings is 1.